The van der Waals surface area contributed by atoms with Crippen molar-refractivity contribution in [3.05, 3.63) is 29.8 Å². The molecule has 0 aliphatic rings. The minimum Gasteiger partial charge on any atom is -0.464 e. The maximum Gasteiger partial charge on any atom is 0.329 e. The molecule has 0 spiro atoms. The van der Waals surface area contributed by atoms with Crippen molar-refractivity contribution in [3.8, 4) is 0 Å². The number of benzene rings is 1. The summed E-state index contributed by atoms with van der Waals surface area (Å²) in [6.45, 7) is 4.01. The monoisotopic (exact) mass is 315 g/mol. The van der Waals surface area contributed by atoms with E-state index < -0.39 is 27.9 Å². The van der Waals surface area contributed by atoms with Gasteiger partial charge in [0.25, 0.3) is 10.1 Å². The number of rotatable bonds is 8. The number of anilines is 1. The molecule has 0 bridgehead atoms. The van der Waals surface area contributed by atoms with Gasteiger partial charge < -0.3 is 10.1 Å². The summed E-state index contributed by atoms with van der Waals surface area (Å²) >= 11 is 0. The van der Waals surface area contributed by atoms with E-state index in [0.717, 1.165) is 12.0 Å². The van der Waals surface area contributed by atoms with Crippen LogP contribution in [0.15, 0.2) is 24.3 Å². The molecular weight excluding hydrogens is 294 g/mol. The van der Waals surface area contributed by atoms with E-state index in [1.807, 2.05) is 26.0 Å². The lowest BCUT2D eigenvalue weighted by molar-refractivity contribution is -0.144. The second-order valence-corrected chi connectivity index (χ2v) is 6.28. The molecule has 1 atom stereocenters. The fourth-order valence-electron chi connectivity index (χ4n) is 1.72. The van der Waals surface area contributed by atoms with Crippen molar-refractivity contribution in [1.29, 1.82) is 0 Å². The normalized spacial score (nSPS) is 12.7. The zero-order valence-corrected chi connectivity index (χ0v) is 13.0. The van der Waals surface area contributed by atoms with Crippen molar-refractivity contribution in [2.45, 2.75) is 32.7 Å². The third-order valence-corrected chi connectivity index (χ3v) is 3.63. The number of carbonyl (C=O) groups is 1. The van der Waals surface area contributed by atoms with Crippen LogP contribution in [0.3, 0.4) is 0 Å². The molecule has 1 aromatic carbocycles. The summed E-state index contributed by atoms with van der Waals surface area (Å²) in [5.41, 5.74) is 1.48. The molecule has 0 saturated carbocycles. The first-order chi connectivity index (χ1) is 9.83. The highest BCUT2D eigenvalue weighted by atomic mass is 32.2. The Bertz CT molecular complexity index is 570. The summed E-state index contributed by atoms with van der Waals surface area (Å²) in [7, 11) is -4.30. The van der Waals surface area contributed by atoms with Crippen LogP contribution in [0, 0.1) is 6.92 Å². The Hall–Kier alpha value is -1.60. The van der Waals surface area contributed by atoms with Gasteiger partial charge in [-0.15, -0.1) is 0 Å². The van der Waals surface area contributed by atoms with Crippen molar-refractivity contribution < 1.29 is 22.5 Å². The number of ether oxygens (including phenoxy) is 1. The SMILES string of the molecule is CCCCOC(=O)[C@H](CS(=O)(=O)O)Nc1ccccc1C. The summed E-state index contributed by atoms with van der Waals surface area (Å²) in [5.74, 6) is -1.42. The van der Waals surface area contributed by atoms with Crippen molar-refractivity contribution in [1.82, 2.24) is 0 Å². The third kappa shape index (κ3) is 6.59. The van der Waals surface area contributed by atoms with E-state index >= 15 is 0 Å². The smallest absolute Gasteiger partial charge is 0.329 e. The number of hydrogen-bond donors (Lipinski definition) is 2. The first kappa shape index (κ1) is 17.5. The van der Waals surface area contributed by atoms with Gasteiger partial charge in [-0.25, -0.2) is 4.79 Å². The van der Waals surface area contributed by atoms with Crippen molar-refractivity contribution in [3.63, 3.8) is 0 Å². The average Bonchev–Trinajstić information content (AvgIpc) is 2.39. The number of para-hydroxylation sites is 1. The lowest BCUT2D eigenvalue weighted by atomic mass is 10.2. The molecule has 0 fully saturated rings. The standard InChI is InChI=1S/C14H21NO5S/c1-3-4-9-20-14(16)13(10-21(17,18)19)15-12-8-6-5-7-11(12)2/h5-8,13,15H,3-4,9-10H2,1-2H3,(H,17,18,19)/t13-/m0/s1. The molecule has 0 unspecified atom stereocenters. The van der Waals surface area contributed by atoms with Crippen molar-refractivity contribution >= 4 is 21.8 Å². The number of esters is 1. The van der Waals surface area contributed by atoms with Gasteiger partial charge in [0.2, 0.25) is 0 Å². The highest BCUT2D eigenvalue weighted by molar-refractivity contribution is 7.85. The minimum atomic E-state index is -4.30. The molecule has 7 heteroatoms. The Morgan fingerprint density at radius 3 is 2.62 bits per heavy atom. The predicted octanol–water partition coefficient (Wildman–Crippen LogP) is 2.01. The van der Waals surface area contributed by atoms with Crippen LogP contribution in [0.1, 0.15) is 25.3 Å². The van der Waals surface area contributed by atoms with Gasteiger partial charge in [0.05, 0.1) is 6.61 Å². The Morgan fingerprint density at radius 2 is 2.05 bits per heavy atom. The molecule has 0 aliphatic carbocycles. The second kappa shape index (κ2) is 7.99. The number of unbranched alkanes of at least 4 members (excludes halogenated alkanes) is 1. The third-order valence-electron chi connectivity index (χ3n) is 2.88. The van der Waals surface area contributed by atoms with Gasteiger partial charge in [-0.2, -0.15) is 8.42 Å². The van der Waals surface area contributed by atoms with Crippen LogP contribution in [0.25, 0.3) is 0 Å². The molecule has 0 radical (unpaired) electrons. The van der Waals surface area contributed by atoms with Gasteiger partial charge in [-0.05, 0) is 25.0 Å². The van der Waals surface area contributed by atoms with Crippen LogP contribution < -0.4 is 5.32 Å². The van der Waals surface area contributed by atoms with Gasteiger partial charge in [0.15, 0.2) is 0 Å². The fraction of sp³-hybridized carbons (Fsp3) is 0.500. The lowest BCUT2D eigenvalue weighted by Gasteiger charge is -2.18. The van der Waals surface area contributed by atoms with Crippen LogP contribution in [0.5, 0.6) is 0 Å². The van der Waals surface area contributed by atoms with E-state index in [2.05, 4.69) is 5.32 Å². The summed E-state index contributed by atoms with van der Waals surface area (Å²) in [6, 6.07) is 6.01. The van der Waals surface area contributed by atoms with Crippen LogP contribution >= 0.6 is 0 Å². The number of nitrogens with one attached hydrogen (secondary N) is 1. The molecule has 0 heterocycles. The van der Waals surface area contributed by atoms with E-state index in [9.17, 15) is 13.2 Å². The Kier molecular flexibility index (Phi) is 6.64. The average molecular weight is 315 g/mol. The van der Waals surface area contributed by atoms with Crippen LogP contribution in [0.2, 0.25) is 0 Å². The van der Waals surface area contributed by atoms with E-state index in [-0.39, 0.29) is 6.61 Å². The van der Waals surface area contributed by atoms with Gasteiger partial charge in [-0.3, -0.25) is 4.55 Å². The van der Waals surface area contributed by atoms with E-state index in [0.29, 0.717) is 12.1 Å². The van der Waals surface area contributed by atoms with Crippen molar-refractivity contribution in [2.75, 3.05) is 17.7 Å². The molecule has 0 saturated heterocycles. The van der Waals surface area contributed by atoms with Crippen LogP contribution in [-0.2, 0) is 19.6 Å². The van der Waals surface area contributed by atoms with Gasteiger partial charge >= 0.3 is 5.97 Å². The minimum absolute atomic E-state index is 0.229. The molecular formula is C14H21NO5S. The maximum atomic E-state index is 12.0. The highest BCUT2D eigenvalue weighted by Crippen LogP contribution is 2.15. The van der Waals surface area contributed by atoms with Crippen molar-refractivity contribution in [2.24, 2.45) is 0 Å². The first-order valence-corrected chi connectivity index (χ1v) is 8.38. The Labute approximate surface area is 125 Å². The molecule has 6 nitrogen and oxygen atoms in total. The van der Waals surface area contributed by atoms with Crippen LogP contribution in [0.4, 0.5) is 5.69 Å². The topological polar surface area (TPSA) is 92.7 Å². The zero-order chi connectivity index (χ0) is 15.9. The molecule has 0 aliphatic heterocycles. The Morgan fingerprint density at radius 1 is 1.38 bits per heavy atom. The number of hydrogen-bond acceptors (Lipinski definition) is 5. The highest BCUT2D eigenvalue weighted by Gasteiger charge is 2.26. The van der Waals surface area contributed by atoms with Gasteiger partial charge in [0.1, 0.15) is 11.8 Å². The summed E-state index contributed by atoms with van der Waals surface area (Å²) in [6.07, 6.45) is 1.57. The van der Waals surface area contributed by atoms with E-state index in [1.54, 1.807) is 12.1 Å². The van der Waals surface area contributed by atoms with Gasteiger partial charge in [-0.1, -0.05) is 31.5 Å². The largest absolute Gasteiger partial charge is 0.464 e. The molecule has 2 N–H and O–H groups in total. The number of aryl methyl sites for hydroxylation is 1. The van der Waals surface area contributed by atoms with E-state index in [1.165, 1.54) is 0 Å². The first-order valence-electron chi connectivity index (χ1n) is 6.77. The molecule has 118 valence electrons. The van der Waals surface area contributed by atoms with Crippen LogP contribution in [-0.4, -0.2) is 37.3 Å². The molecule has 0 amide bonds. The number of carbonyl (C=O) groups excluding carboxylic acids is 1. The predicted molar refractivity (Wildman–Crippen MR) is 80.9 cm³/mol. The molecule has 0 aromatic heterocycles. The summed E-state index contributed by atoms with van der Waals surface area (Å²) in [4.78, 5) is 12.0. The summed E-state index contributed by atoms with van der Waals surface area (Å²) in [5, 5.41) is 2.82. The zero-order valence-electron chi connectivity index (χ0n) is 12.2. The Balaban J connectivity index is 2.82. The lowest BCUT2D eigenvalue weighted by Crippen LogP contribution is -2.38. The maximum absolute atomic E-state index is 12.0. The summed E-state index contributed by atoms with van der Waals surface area (Å²) < 4.78 is 36.1. The van der Waals surface area contributed by atoms with Gasteiger partial charge in [0, 0.05) is 5.69 Å². The molecule has 1 rings (SSSR count). The second-order valence-electron chi connectivity index (χ2n) is 4.78. The van der Waals surface area contributed by atoms with E-state index in [4.69, 9.17) is 9.29 Å². The molecule has 21 heavy (non-hydrogen) atoms. The molecule has 1 aromatic rings. The fourth-order valence-corrected chi connectivity index (χ4v) is 2.36. The quantitative estimate of drug-likeness (QED) is 0.433.